The standard InChI is InChI=1S/2ClH.2H2N.V/h2*1H;2*1H2;/q;;2*-1;+2/p-2. The first-order valence-electron chi connectivity index (χ1n) is 0.338. The van der Waals surface area contributed by atoms with Gasteiger partial charge in [0, 0.05) is 0 Å². The van der Waals surface area contributed by atoms with Gasteiger partial charge in [0.05, 0.1) is 0 Å². The Bertz CT molecular complexity index is 7.61. The van der Waals surface area contributed by atoms with E-state index in [0.29, 0.717) is 0 Å². The number of hydrogen-bond acceptors (Lipinski definition) is 0. The topological polar surface area (TPSA) is 67.0 Å². The van der Waals surface area contributed by atoms with Gasteiger partial charge in [-0.2, -0.15) is 0 Å². The van der Waals surface area contributed by atoms with Crippen molar-refractivity contribution in [3.63, 3.8) is 0 Å². The minimum atomic E-state index is -0.368. The van der Waals surface area contributed by atoms with Crippen LogP contribution < -0.4 is 0 Å². The largest absolute Gasteiger partial charge is 0.693 e. The van der Waals surface area contributed by atoms with Crippen molar-refractivity contribution in [1.82, 2.24) is 0 Å². The van der Waals surface area contributed by atoms with Crippen LogP contribution in [0.1, 0.15) is 0 Å². The molecule has 0 aromatic heterocycles. The van der Waals surface area contributed by atoms with E-state index in [4.69, 9.17) is 19.7 Å². The molecule has 0 aromatic rings. The van der Waals surface area contributed by atoms with Gasteiger partial charge in [0.2, 0.25) is 0 Å². The summed E-state index contributed by atoms with van der Waals surface area (Å²) in [4.78, 5) is 0. The third-order valence-corrected chi connectivity index (χ3v) is 0. The Morgan fingerprint density at radius 1 is 1.00 bits per heavy atom. The SMILES string of the molecule is [Cl][V][Cl].[NH2-].[NH2-]. The number of nitrogens with two attached hydrogens (primary N) is 2. The zero-order chi connectivity index (χ0) is 2.71. The molecule has 2 nitrogen and oxygen atoms in total. The smallest absolute Gasteiger partial charge is 0.693 e. The maximum atomic E-state index is 4.86. The van der Waals surface area contributed by atoms with Crippen LogP contribution in [0.5, 0.6) is 0 Å². The molecule has 0 fully saturated rings. The Morgan fingerprint density at radius 3 is 1.00 bits per heavy atom. The molecule has 5 heteroatoms. The fraction of sp³-hybridized carbons (Fsp3) is 0. The summed E-state index contributed by atoms with van der Waals surface area (Å²) in [5, 5.41) is 0. The molecule has 0 spiro atoms. The Morgan fingerprint density at radius 2 is 1.00 bits per heavy atom. The summed E-state index contributed by atoms with van der Waals surface area (Å²) in [7, 11) is 9.72. The average Bonchev–Trinajstić information content (AvgIpc) is 0.918. The number of rotatable bonds is 0. The van der Waals surface area contributed by atoms with Gasteiger partial charge in [0.25, 0.3) is 0 Å². The quantitative estimate of drug-likeness (QED) is 0.514. The van der Waals surface area contributed by atoms with Crippen molar-refractivity contribution in [2.45, 2.75) is 0 Å². The Balaban J connectivity index is -0.0000000200. The van der Waals surface area contributed by atoms with Gasteiger partial charge in [0.15, 0.2) is 0 Å². The van der Waals surface area contributed by atoms with E-state index >= 15 is 0 Å². The van der Waals surface area contributed by atoms with Crippen LogP contribution in [0, 0.1) is 0 Å². The van der Waals surface area contributed by atoms with Gasteiger partial charge in [-0.05, 0) is 0 Å². The van der Waals surface area contributed by atoms with E-state index in [-0.39, 0.29) is 26.7 Å². The van der Waals surface area contributed by atoms with Crippen molar-refractivity contribution in [2.24, 2.45) is 0 Å². The van der Waals surface area contributed by atoms with Crippen LogP contribution in [0.25, 0.3) is 12.3 Å². The van der Waals surface area contributed by atoms with E-state index in [1.165, 1.54) is 0 Å². The van der Waals surface area contributed by atoms with Crippen molar-refractivity contribution in [3.05, 3.63) is 12.3 Å². The third kappa shape index (κ3) is 41.1. The molecular weight excluding hydrogens is 150 g/mol. The second-order valence-corrected chi connectivity index (χ2v) is 2.37. The van der Waals surface area contributed by atoms with Crippen LogP contribution >= 0.6 is 19.7 Å². The molecule has 0 atom stereocenters. The molecule has 0 aliphatic carbocycles. The third-order valence-electron chi connectivity index (χ3n) is 0. The van der Waals surface area contributed by atoms with Gasteiger partial charge in [-0.1, -0.05) is 0 Å². The second-order valence-electron chi connectivity index (χ2n) is 0.0639. The molecule has 0 rings (SSSR count). The van der Waals surface area contributed by atoms with Gasteiger partial charge in [-0.3, -0.25) is 0 Å². The summed E-state index contributed by atoms with van der Waals surface area (Å²) in [5.41, 5.74) is 0. The maximum Gasteiger partial charge on any atom is -0.693 e. The van der Waals surface area contributed by atoms with Crippen LogP contribution in [0.3, 0.4) is 0 Å². The normalized spacial score (nSPS) is 2.80. The number of hydrogen-bond donors (Lipinski definition) is 0. The monoisotopic (exact) mass is 153 g/mol. The Kier molecular flexibility index (Phi) is 64.6. The fourth-order valence-electron chi connectivity index (χ4n) is 0. The molecule has 0 unspecified atom stereocenters. The molecule has 0 amide bonds. The predicted octanol–water partition coefficient (Wildman–Crippen LogP) is 2.81. The number of halogens is 2. The van der Waals surface area contributed by atoms with E-state index in [1.54, 1.807) is 0 Å². The Labute approximate surface area is 46.7 Å². The molecule has 4 N–H and O–H groups in total. The molecule has 5 heavy (non-hydrogen) atoms. The summed E-state index contributed by atoms with van der Waals surface area (Å²) in [5.74, 6) is 0. The van der Waals surface area contributed by atoms with E-state index in [0.717, 1.165) is 0 Å². The fourth-order valence-corrected chi connectivity index (χ4v) is 0. The Hall–Kier alpha value is 1.08. The minimum Gasteiger partial charge on any atom is -0.693 e. The summed E-state index contributed by atoms with van der Waals surface area (Å²) < 4.78 is 0. The maximum absolute atomic E-state index is 4.86. The van der Waals surface area contributed by atoms with Gasteiger partial charge < -0.3 is 12.3 Å². The molecule has 0 heterocycles. The van der Waals surface area contributed by atoms with Crippen LogP contribution in [0.2, 0.25) is 0 Å². The first kappa shape index (κ1) is 16.5. The van der Waals surface area contributed by atoms with Crippen molar-refractivity contribution in [2.75, 3.05) is 0 Å². The molecule has 0 aliphatic rings. The van der Waals surface area contributed by atoms with Crippen molar-refractivity contribution in [3.8, 4) is 0 Å². The van der Waals surface area contributed by atoms with Crippen LogP contribution in [-0.2, 0) is 14.4 Å². The molecular formula is H4Cl2N2V-2. The molecule has 0 aromatic carbocycles. The molecule has 35 valence electrons. The van der Waals surface area contributed by atoms with Gasteiger partial charge in [-0.15, -0.1) is 0 Å². The van der Waals surface area contributed by atoms with E-state index < -0.39 is 0 Å². The van der Waals surface area contributed by atoms with Gasteiger partial charge >= 0.3 is 34.1 Å². The molecule has 0 radical (unpaired) electrons. The summed E-state index contributed by atoms with van der Waals surface area (Å²) in [6.45, 7) is 0. The predicted molar refractivity (Wildman–Crippen MR) is 22.3 cm³/mol. The minimum absolute atomic E-state index is 0. The average molecular weight is 154 g/mol. The van der Waals surface area contributed by atoms with Crippen molar-refractivity contribution < 1.29 is 14.4 Å². The second kappa shape index (κ2) is 19.5. The van der Waals surface area contributed by atoms with Crippen molar-refractivity contribution >= 4 is 19.7 Å². The van der Waals surface area contributed by atoms with Crippen LogP contribution in [-0.4, -0.2) is 0 Å². The summed E-state index contributed by atoms with van der Waals surface area (Å²) >= 11 is -0.368. The molecule has 0 saturated heterocycles. The summed E-state index contributed by atoms with van der Waals surface area (Å²) in [6, 6.07) is 0. The zero-order valence-electron chi connectivity index (χ0n) is 2.36. The molecule has 0 aliphatic heterocycles. The van der Waals surface area contributed by atoms with Gasteiger partial charge in [-0.25, -0.2) is 0 Å². The van der Waals surface area contributed by atoms with E-state index in [1.807, 2.05) is 0 Å². The molecule has 0 saturated carbocycles. The van der Waals surface area contributed by atoms with E-state index in [2.05, 4.69) is 0 Å². The first-order chi connectivity index (χ1) is 1.41. The summed E-state index contributed by atoms with van der Waals surface area (Å²) in [6.07, 6.45) is 0. The first-order valence-corrected chi connectivity index (χ1v) is 4.18. The van der Waals surface area contributed by atoms with Gasteiger partial charge in [0.1, 0.15) is 0 Å². The van der Waals surface area contributed by atoms with Crippen LogP contribution in [0.15, 0.2) is 0 Å². The van der Waals surface area contributed by atoms with E-state index in [9.17, 15) is 0 Å². The van der Waals surface area contributed by atoms with Crippen LogP contribution in [0.4, 0.5) is 0 Å². The molecule has 0 bridgehead atoms. The zero-order valence-corrected chi connectivity index (χ0v) is 5.27. The van der Waals surface area contributed by atoms with Crippen molar-refractivity contribution in [1.29, 1.82) is 0 Å².